The fourth-order valence-corrected chi connectivity index (χ4v) is 2.81. The van der Waals surface area contributed by atoms with Crippen LogP contribution in [0.3, 0.4) is 0 Å². The normalized spacial score (nSPS) is 17.2. The van der Waals surface area contributed by atoms with Crippen LogP contribution < -0.4 is 4.89 Å². The summed E-state index contributed by atoms with van der Waals surface area (Å²) in [5.74, 6) is -1.84. The van der Waals surface area contributed by atoms with Crippen LogP contribution in [0.15, 0.2) is 23.1 Å². The third kappa shape index (κ3) is 3.04. The SMILES string of the molecule is O=S(=O)(NOC1CCCC1)c1cc(F)ccc1F. The Bertz CT molecular complexity index is 527. The van der Waals surface area contributed by atoms with Gasteiger partial charge in [-0.15, -0.1) is 0 Å². The van der Waals surface area contributed by atoms with Crippen molar-refractivity contribution in [1.82, 2.24) is 4.89 Å². The Kier molecular flexibility index (Phi) is 3.94. The first-order valence-corrected chi connectivity index (χ1v) is 7.10. The number of sulfonamides is 1. The summed E-state index contributed by atoms with van der Waals surface area (Å²) in [5.41, 5.74) is 0. The van der Waals surface area contributed by atoms with Crippen molar-refractivity contribution in [3.8, 4) is 0 Å². The summed E-state index contributed by atoms with van der Waals surface area (Å²) in [7, 11) is -4.19. The number of hydrogen-bond donors (Lipinski definition) is 1. The molecular formula is C11H13F2NO3S. The van der Waals surface area contributed by atoms with Crippen molar-refractivity contribution in [3.05, 3.63) is 29.8 Å². The summed E-state index contributed by atoms with van der Waals surface area (Å²) < 4.78 is 49.7. The monoisotopic (exact) mass is 277 g/mol. The van der Waals surface area contributed by atoms with Crippen molar-refractivity contribution in [3.63, 3.8) is 0 Å². The number of hydrogen-bond acceptors (Lipinski definition) is 3. The zero-order valence-corrected chi connectivity index (χ0v) is 10.3. The Morgan fingerprint density at radius 2 is 1.89 bits per heavy atom. The van der Waals surface area contributed by atoms with E-state index in [-0.39, 0.29) is 6.10 Å². The van der Waals surface area contributed by atoms with Crippen LogP contribution in [-0.4, -0.2) is 14.5 Å². The van der Waals surface area contributed by atoms with Gasteiger partial charge in [-0.3, -0.25) is 4.84 Å². The van der Waals surface area contributed by atoms with Crippen LogP contribution >= 0.6 is 0 Å². The van der Waals surface area contributed by atoms with Gasteiger partial charge in [-0.1, -0.05) is 17.7 Å². The first-order chi connectivity index (χ1) is 8.49. The minimum absolute atomic E-state index is 0.198. The molecule has 0 atom stereocenters. The summed E-state index contributed by atoms with van der Waals surface area (Å²) in [4.78, 5) is 6.09. The molecule has 0 spiro atoms. The average Bonchev–Trinajstić information content (AvgIpc) is 2.83. The van der Waals surface area contributed by atoms with Gasteiger partial charge >= 0.3 is 0 Å². The summed E-state index contributed by atoms with van der Waals surface area (Å²) in [6.07, 6.45) is 3.26. The lowest BCUT2D eigenvalue weighted by atomic mass is 10.3. The van der Waals surface area contributed by atoms with Gasteiger partial charge in [-0.25, -0.2) is 17.2 Å². The molecule has 2 rings (SSSR count). The minimum atomic E-state index is -4.19. The smallest absolute Gasteiger partial charge is 0.265 e. The molecule has 0 radical (unpaired) electrons. The molecule has 0 aliphatic heterocycles. The second-order valence-corrected chi connectivity index (χ2v) is 5.80. The van der Waals surface area contributed by atoms with Gasteiger partial charge in [-0.2, -0.15) is 0 Å². The highest BCUT2D eigenvalue weighted by atomic mass is 32.2. The largest absolute Gasteiger partial charge is 0.284 e. The first-order valence-electron chi connectivity index (χ1n) is 5.61. The predicted octanol–water partition coefficient (Wildman–Crippen LogP) is 2.12. The summed E-state index contributed by atoms with van der Waals surface area (Å²) in [6.45, 7) is 0. The number of benzene rings is 1. The van der Waals surface area contributed by atoms with E-state index in [0.717, 1.165) is 37.8 Å². The number of nitrogens with one attached hydrogen (secondary N) is 1. The highest BCUT2D eigenvalue weighted by Gasteiger charge is 2.23. The Morgan fingerprint density at radius 3 is 2.56 bits per heavy atom. The molecule has 1 saturated carbocycles. The fourth-order valence-electron chi connectivity index (χ4n) is 1.87. The molecular weight excluding hydrogens is 264 g/mol. The third-order valence-electron chi connectivity index (χ3n) is 2.81. The van der Waals surface area contributed by atoms with E-state index in [1.54, 1.807) is 0 Å². The zero-order chi connectivity index (χ0) is 13.2. The lowest BCUT2D eigenvalue weighted by Crippen LogP contribution is -2.29. The van der Waals surface area contributed by atoms with Gasteiger partial charge in [0.15, 0.2) is 0 Å². The molecule has 0 heterocycles. The molecule has 1 aromatic rings. The van der Waals surface area contributed by atoms with Crippen LogP contribution in [0.1, 0.15) is 25.7 Å². The number of rotatable bonds is 4. The summed E-state index contributed by atoms with van der Waals surface area (Å²) in [6, 6.07) is 2.24. The van der Waals surface area contributed by atoms with Crippen LogP contribution in [-0.2, 0) is 14.9 Å². The van der Waals surface area contributed by atoms with Gasteiger partial charge in [0.1, 0.15) is 16.5 Å². The molecule has 0 unspecified atom stereocenters. The molecule has 1 N–H and O–H groups in total. The number of halogens is 2. The molecule has 100 valence electrons. The van der Waals surface area contributed by atoms with E-state index in [9.17, 15) is 17.2 Å². The average molecular weight is 277 g/mol. The highest BCUT2D eigenvalue weighted by molar-refractivity contribution is 7.89. The van der Waals surface area contributed by atoms with Crippen molar-refractivity contribution in [2.24, 2.45) is 0 Å². The Morgan fingerprint density at radius 1 is 1.22 bits per heavy atom. The van der Waals surface area contributed by atoms with Crippen LogP contribution in [0.2, 0.25) is 0 Å². The van der Waals surface area contributed by atoms with Crippen LogP contribution in [0.25, 0.3) is 0 Å². The lowest BCUT2D eigenvalue weighted by Gasteiger charge is -2.12. The van der Waals surface area contributed by atoms with Crippen molar-refractivity contribution < 1.29 is 22.0 Å². The van der Waals surface area contributed by atoms with E-state index in [1.165, 1.54) is 0 Å². The maximum atomic E-state index is 13.3. The Balaban J connectivity index is 2.12. The van der Waals surface area contributed by atoms with Gasteiger partial charge in [0.05, 0.1) is 6.10 Å². The topological polar surface area (TPSA) is 55.4 Å². The molecule has 1 fully saturated rings. The Labute approximate surface area is 104 Å². The molecule has 4 nitrogen and oxygen atoms in total. The van der Waals surface area contributed by atoms with Crippen LogP contribution in [0.4, 0.5) is 8.78 Å². The molecule has 7 heteroatoms. The minimum Gasteiger partial charge on any atom is -0.284 e. The third-order valence-corrected chi connectivity index (χ3v) is 4.02. The maximum absolute atomic E-state index is 13.3. The molecule has 0 aromatic heterocycles. The van der Waals surface area contributed by atoms with E-state index in [4.69, 9.17) is 4.84 Å². The highest BCUT2D eigenvalue weighted by Crippen LogP contribution is 2.21. The second-order valence-electron chi connectivity index (χ2n) is 4.19. The lowest BCUT2D eigenvalue weighted by molar-refractivity contribution is 0.0222. The first kappa shape index (κ1) is 13.4. The predicted molar refractivity (Wildman–Crippen MR) is 60.0 cm³/mol. The van der Waals surface area contributed by atoms with E-state index in [2.05, 4.69) is 0 Å². The molecule has 1 aliphatic carbocycles. The molecule has 0 saturated heterocycles. The van der Waals surface area contributed by atoms with Gasteiger partial charge < -0.3 is 0 Å². The molecule has 0 bridgehead atoms. The van der Waals surface area contributed by atoms with E-state index in [0.29, 0.717) is 6.07 Å². The standard InChI is InChI=1S/C11H13F2NO3S/c12-8-5-6-10(13)11(7-8)18(15,16)14-17-9-3-1-2-4-9/h5-7,9,14H,1-4H2. The van der Waals surface area contributed by atoms with Crippen molar-refractivity contribution in [2.45, 2.75) is 36.7 Å². The summed E-state index contributed by atoms with van der Waals surface area (Å²) in [5, 5.41) is 0. The quantitative estimate of drug-likeness (QED) is 0.858. The van der Waals surface area contributed by atoms with Crippen molar-refractivity contribution in [1.29, 1.82) is 0 Å². The summed E-state index contributed by atoms with van der Waals surface area (Å²) >= 11 is 0. The zero-order valence-electron chi connectivity index (χ0n) is 9.53. The van der Waals surface area contributed by atoms with Crippen LogP contribution in [0.5, 0.6) is 0 Å². The fraction of sp³-hybridized carbons (Fsp3) is 0.455. The van der Waals surface area contributed by atoms with Gasteiger partial charge in [-0.05, 0) is 31.0 Å². The van der Waals surface area contributed by atoms with Gasteiger partial charge in [0, 0.05) is 0 Å². The molecule has 18 heavy (non-hydrogen) atoms. The van der Waals surface area contributed by atoms with Gasteiger partial charge in [0.25, 0.3) is 10.0 Å². The molecule has 1 aliphatic rings. The van der Waals surface area contributed by atoms with E-state index in [1.807, 2.05) is 4.89 Å². The van der Waals surface area contributed by atoms with Crippen LogP contribution in [0, 0.1) is 11.6 Å². The van der Waals surface area contributed by atoms with E-state index < -0.39 is 26.6 Å². The molecule has 0 amide bonds. The second kappa shape index (κ2) is 5.29. The molecule has 1 aromatic carbocycles. The maximum Gasteiger partial charge on any atom is 0.265 e. The van der Waals surface area contributed by atoms with Gasteiger partial charge in [0.2, 0.25) is 0 Å². The Hall–Kier alpha value is -1.05. The van der Waals surface area contributed by atoms with Crippen molar-refractivity contribution in [2.75, 3.05) is 0 Å². The van der Waals surface area contributed by atoms with E-state index >= 15 is 0 Å². The van der Waals surface area contributed by atoms with Crippen molar-refractivity contribution >= 4 is 10.0 Å².